The molecule has 0 N–H and O–H groups in total. The first-order chi connectivity index (χ1) is 12.7. The van der Waals surface area contributed by atoms with Gasteiger partial charge in [-0.2, -0.15) is 0 Å². The van der Waals surface area contributed by atoms with E-state index in [-0.39, 0.29) is 31.0 Å². The molecule has 0 aromatic carbocycles. The Kier molecular flexibility index (Phi) is 5.83. The molecule has 8 heteroatoms. The SMILES string of the molecule is COC(=O)[C@@]12CC(=O)C[C@@H]1C[C@@H](N(C(=O)OC(C)(C)C)C(=O)OC(C)(C)C)C2. The molecule has 0 unspecified atom stereocenters. The summed E-state index contributed by atoms with van der Waals surface area (Å²) in [6.45, 7) is 10.2. The Balaban J connectivity index is 2.34. The minimum absolute atomic E-state index is 0.00469. The largest absolute Gasteiger partial charge is 0.469 e. The summed E-state index contributed by atoms with van der Waals surface area (Å²) < 4.78 is 15.8. The lowest BCUT2D eigenvalue weighted by Crippen LogP contribution is -2.49. The smallest absolute Gasteiger partial charge is 0.420 e. The number of amides is 2. The third-order valence-electron chi connectivity index (χ3n) is 5.06. The molecular formula is C20H31NO7. The highest BCUT2D eigenvalue weighted by Gasteiger charge is 2.61. The quantitative estimate of drug-likeness (QED) is 0.520. The molecule has 8 nitrogen and oxygen atoms in total. The molecule has 0 aliphatic heterocycles. The molecule has 158 valence electrons. The Bertz CT molecular complexity index is 645. The molecule has 0 radical (unpaired) electrons. The Morgan fingerprint density at radius 2 is 1.50 bits per heavy atom. The van der Waals surface area contributed by atoms with Crippen molar-refractivity contribution in [2.24, 2.45) is 11.3 Å². The maximum Gasteiger partial charge on any atom is 0.420 e. The molecule has 0 heterocycles. The number of ether oxygens (including phenoxy) is 3. The van der Waals surface area contributed by atoms with E-state index in [1.165, 1.54) is 7.11 Å². The van der Waals surface area contributed by atoms with Gasteiger partial charge in [-0.1, -0.05) is 0 Å². The van der Waals surface area contributed by atoms with Crippen LogP contribution in [0.15, 0.2) is 0 Å². The number of esters is 1. The van der Waals surface area contributed by atoms with Gasteiger partial charge in [-0.3, -0.25) is 9.59 Å². The van der Waals surface area contributed by atoms with Crippen LogP contribution in [0, 0.1) is 11.3 Å². The van der Waals surface area contributed by atoms with Gasteiger partial charge in [-0.25, -0.2) is 14.5 Å². The van der Waals surface area contributed by atoms with Gasteiger partial charge < -0.3 is 14.2 Å². The van der Waals surface area contributed by atoms with Gasteiger partial charge in [-0.05, 0) is 60.3 Å². The fraction of sp³-hybridized carbons (Fsp3) is 0.800. The van der Waals surface area contributed by atoms with E-state index in [2.05, 4.69) is 0 Å². The minimum Gasteiger partial charge on any atom is -0.469 e. The number of imide groups is 1. The maximum absolute atomic E-state index is 12.8. The number of methoxy groups -OCH3 is 1. The van der Waals surface area contributed by atoms with E-state index in [0.29, 0.717) is 6.42 Å². The fourth-order valence-electron chi connectivity index (χ4n) is 4.14. The zero-order valence-corrected chi connectivity index (χ0v) is 17.8. The van der Waals surface area contributed by atoms with E-state index >= 15 is 0 Å². The van der Waals surface area contributed by atoms with Crippen LogP contribution in [-0.4, -0.2) is 53.2 Å². The van der Waals surface area contributed by atoms with Gasteiger partial charge >= 0.3 is 18.2 Å². The molecule has 0 bridgehead atoms. The standard InChI is InChI=1S/C20H31NO7/c1-18(2,3)27-16(24)21(17(25)28-19(4,5)6)13-8-12-9-14(22)11-20(12,10-13)15(23)26-7/h12-13H,8-11H2,1-7H3/t12-,13+,20-/m0/s1. The van der Waals surface area contributed by atoms with Crippen LogP contribution in [0.25, 0.3) is 0 Å². The number of carbonyl (C=O) groups excluding carboxylic acids is 4. The molecule has 0 aromatic heterocycles. The van der Waals surface area contributed by atoms with Crippen molar-refractivity contribution in [3.05, 3.63) is 0 Å². The van der Waals surface area contributed by atoms with E-state index in [1.54, 1.807) is 41.5 Å². The lowest BCUT2D eigenvalue weighted by molar-refractivity contribution is -0.154. The summed E-state index contributed by atoms with van der Waals surface area (Å²) in [6, 6.07) is -0.609. The fourth-order valence-corrected chi connectivity index (χ4v) is 4.14. The Morgan fingerprint density at radius 1 is 1.00 bits per heavy atom. The van der Waals surface area contributed by atoms with Gasteiger partial charge in [0.15, 0.2) is 0 Å². The van der Waals surface area contributed by atoms with Crippen molar-refractivity contribution in [1.29, 1.82) is 0 Å². The summed E-state index contributed by atoms with van der Waals surface area (Å²) >= 11 is 0. The summed E-state index contributed by atoms with van der Waals surface area (Å²) in [7, 11) is 1.28. The number of rotatable bonds is 2. The zero-order chi connectivity index (χ0) is 21.5. The first-order valence-electron chi connectivity index (χ1n) is 9.54. The molecule has 3 atom stereocenters. The van der Waals surface area contributed by atoms with Gasteiger partial charge in [-0.15, -0.1) is 0 Å². The molecule has 2 saturated carbocycles. The van der Waals surface area contributed by atoms with Crippen molar-refractivity contribution in [2.45, 2.75) is 84.5 Å². The normalized spacial score (nSPS) is 27.2. The Morgan fingerprint density at radius 3 is 1.93 bits per heavy atom. The third kappa shape index (κ3) is 4.64. The molecule has 0 spiro atoms. The summed E-state index contributed by atoms with van der Waals surface area (Å²) in [4.78, 5) is 51.1. The van der Waals surface area contributed by atoms with Crippen molar-refractivity contribution in [3.63, 3.8) is 0 Å². The molecule has 0 saturated heterocycles. The van der Waals surface area contributed by atoms with E-state index in [1.807, 2.05) is 0 Å². The predicted molar refractivity (Wildman–Crippen MR) is 99.5 cm³/mol. The highest BCUT2D eigenvalue weighted by atomic mass is 16.6. The molecule has 2 fully saturated rings. The number of Topliss-reactive ketones (excluding diaryl/α,β-unsaturated/α-hetero) is 1. The van der Waals surface area contributed by atoms with E-state index in [0.717, 1.165) is 4.90 Å². The third-order valence-corrected chi connectivity index (χ3v) is 5.06. The number of fused-ring (bicyclic) bond motifs is 1. The van der Waals surface area contributed by atoms with Gasteiger partial charge in [0.1, 0.15) is 17.0 Å². The molecule has 2 aliphatic carbocycles. The van der Waals surface area contributed by atoms with Gasteiger partial charge in [0, 0.05) is 18.9 Å². The second-order valence-electron chi connectivity index (χ2n) is 9.69. The van der Waals surface area contributed by atoms with Crippen molar-refractivity contribution >= 4 is 23.9 Å². The van der Waals surface area contributed by atoms with E-state index < -0.39 is 40.8 Å². The first kappa shape index (κ1) is 22.2. The number of hydrogen-bond acceptors (Lipinski definition) is 7. The van der Waals surface area contributed by atoms with Crippen LogP contribution in [-0.2, 0) is 23.8 Å². The maximum atomic E-state index is 12.8. The zero-order valence-electron chi connectivity index (χ0n) is 17.8. The molecule has 28 heavy (non-hydrogen) atoms. The van der Waals surface area contributed by atoms with Crippen LogP contribution < -0.4 is 0 Å². The highest BCUT2D eigenvalue weighted by molar-refractivity contribution is 5.93. The second kappa shape index (κ2) is 7.37. The second-order valence-corrected chi connectivity index (χ2v) is 9.69. The topological polar surface area (TPSA) is 99.2 Å². The Hall–Kier alpha value is -2.12. The molecule has 2 rings (SSSR count). The molecule has 2 amide bonds. The van der Waals surface area contributed by atoms with Crippen molar-refractivity contribution in [1.82, 2.24) is 4.90 Å². The summed E-state index contributed by atoms with van der Waals surface area (Å²) in [5.41, 5.74) is -2.61. The number of carbonyl (C=O) groups is 4. The van der Waals surface area contributed by atoms with E-state index in [9.17, 15) is 19.2 Å². The van der Waals surface area contributed by atoms with E-state index in [4.69, 9.17) is 14.2 Å². The van der Waals surface area contributed by atoms with Crippen LogP contribution in [0.3, 0.4) is 0 Å². The summed E-state index contributed by atoms with van der Waals surface area (Å²) in [5.74, 6) is -0.751. The number of ketones is 1. The van der Waals surface area contributed by atoms with Gasteiger partial charge in [0.25, 0.3) is 0 Å². The lowest BCUT2D eigenvalue weighted by Gasteiger charge is -2.32. The monoisotopic (exact) mass is 397 g/mol. The van der Waals surface area contributed by atoms with Gasteiger partial charge in [0.2, 0.25) is 0 Å². The predicted octanol–water partition coefficient (Wildman–Crippen LogP) is 3.46. The van der Waals surface area contributed by atoms with Crippen molar-refractivity contribution in [3.8, 4) is 0 Å². The Labute approximate surface area is 165 Å². The van der Waals surface area contributed by atoms with Crippen molar-refractivity contribution in [2.75, 3.05) is 7.11 Å². The van der Waals surface area contributed by atoms with Crippen molar-refractivity contribution < 1.29 is 33.4 Å². The molecule has 0 aromatic rings. The lowest BCUT2D eigenvalue weighted by atomic mass is 9.80. The number of nitrogens with zero attached hydrogens (tertiary/aromatic N) is 1. The minimum atomic E-state index is -1.00. The van der Waals surface area contributed by atoms with Crippen LogP contribution in [0.1, 0.15) is 67.2 Å². The number of hydrogen-bond donors (Lipinski definition) is 0. The summed E-state index contributed by atoms with van der Waals surface area (Å²) in [5, 5.41) is 0. The highest BCUT2D eigenvalue weighted by Crippen LogP contribution is 2.55. The average Bonchev–Trinajstić information content (AvgIpc) is 2.95. The first-order valence-corrected chi connectivity index (χ1v) is 9.54. The van der Waals surface area contributed by atoms with Crippen LogP contribution in [0.2, 0.25) is 0 Å². The van der Waals surface area contributed by atoms with Crippen LogP contribution in [0.4, 0.5) is 9.59 Å². The summed E-state index contributed by atoms with van der Waals surface area (Å²) in [6.07, 6.45) is -0.844. The average molecular weight is 397 g/mol. The van der Waals surface area contributed by atoms with Crippen LogP contribution in [0.5, 0.6) is 0 Å². The molecular weight excluding hydrogens is 366 g/mol. The molecule has 2 aliphatic rings. The van der Waals surface area contributed by atoms with Gasteiger partial charge in [0.05, 0.1) is 12.5 Å². The van der Waals surface area contributed by atoms with Crippen LogP contribution >= 0.6 is 0 Å².